The van der Waals surface area contributed by atoms with E-state index in [9.17, 15) is 18.0 Å². The fraction of sp³-hybridized carbons (Fsp3) is 0.182. The van der Waals surface area contributed by atoms with Crippen molar-refractivity contribution >= 4 is 0 Å². The van der Waals surface area contributed by atoms with Crippen molar-refractivity contribution in [1.82, 2.24) is 14.9 Å². The number of hydrogen-bond donors (Lipinski definition) is 1. The van der Waals surface area contributed by atoms with Crippen LogP contribution in [0.3, 0.4) is 0 Å². The number of nitrogen functional groups attached to an aromatic ring is 1. The highest BCUT2D eigenvalue weighted by atomic mass is 19.4. The van der Waals surface area contributed by atoms with Crippen LogP contribution in [-0.4, -0.2) is 14.9 Å². The van der Waals surface area contributed by atoms with Crippen molar-refractivity contribution in [3.05, 3.63) is 46.0 Å². The summed E-state index contributed by atoms with van der Waals surface area (Å²) in [4.78, 5) is 11.8. The predicted molar refractivity (Wildman–Crippen MR) is 61.6 cm³/mol. The summed E-state index contributed by atoms with van der Waals surface area (Å²) in [5, 5.41) is 7.22. The Morgan fingerprint density at radius 1 is 1.26 bits per heavy atom. The third kappa shape index (κ3) is 2.42. The minimum atomic E-state index is -4.49. The minimum absolute atomic E-state index is 0.0199. The molecule has 0 bridgehead atoms. The molecule has 2 aromatic rings. The molecule has 0 unspecified atom stereocenters. The second-order valence-corrected chi connectivity index (χ2v) is 3.85. The fourth-order valence-electron chi connectivity index (χ4n) is 1.50. The zero-order valence-corrected chi connectivity index (χ0v) is 9.77. The second kappa shape index (κ2) is 4.38. The van der Waals surface area contributed by atoms with Gasteiger partial charge in [-0.1, -0.05) is 12.1 Å². The van der Waals surface area contributed by atoms with E-state index in [0.29, 0.717) is 0 Å². The molecule has 0 aliphatic rings. The average molecular weight is 270 g/mol. The Kier molecular flexibility index (Phi) is 3.01. The maximum atomic E-state index is 12.6. The molecule has 0 fully saturated rings. The molecule has 5 nitrogen and oxygen atoms in total. The van der Waals surface area contributed by atoms with Crippen molar-refractivity contribution < 1.29 is 13.2 Å². The Bertz CT molecular complexity index is 678. The molecule has 0 saturated heterocycles. The molecule has 100 valence electrons. The van der Waals surface area contributed by atoms with Crippen molar-refractivity contribution in [2.75, 3.05) is 5.84 Å². The highest BCUT2D eigenvalue weighted by Crippen LogP contribution is 2.30. The third-order valence-electron chi connectivity index (χ3n) is 2.53. The van der Waals surface area contributed by atoms with Crippen LogP contribution in [0.2, 0.25) is 0 Å². The molecule has 19 heavy (non-hydrogen) atoms. The van der Waals surface area contributed by atoms with Crippen molar-refractivity contribution in [2.45, 2.75) is 13.1 Å². The average Bonchev–Trinajstić information content (AvgIpc) is 2.35. The van der Waals surface area contributed by atoms with E-state index in [2.05, 4.69) is 10.2 Å². The maximum Gasteiger partial charge on any atom is 0.416 e. The molecule has 1 aromatic heterocycles. The Labute approximate surface area is 105 Å². The first-order valence-electron chi connectivity index (χ1n) is 5.20. The molecule has 2 N–H and O–H groups in total. The summed E-state index contributed by atoms with van der Waals surface area (Å²) in [6, 6.07) is 4.28. The van der Waals surface area contributed by atoms with E-state index in [1.165, 1.54) is 19.1 Å². The standard InChI is InChI=1S/C11H9F3N4O/c1-6-16-17-9(10(19)18(6)15)7-3-2-4-8(5-7)11(12,13)14/h2-5H,15H2,1H3. The molecule has 0 saturated carbocycles. The van der Waals surface area contributed by atoms with E-state index in [0.717, 1.165) is 16.8 Å². The van der Waals surface area contributed by atoms with Crippen LogP contribution < -0.4 is 11.4 Å². The molecule has 1 aromatic carbocycles. The summed E-state index contributed by atoms with van der Waals surface area (Å²) in [6.07, 6.45) is -4.49. The van der Waals surface area contributed by atoms with E-state index in [1.807, 2.05) is 0 Å². The van der Waals surface area contributed by atoms with Crippen molar-refractivity contribution in [3.63, 3.8) is 0 Å². The number of nitrogens with zero attached hydrogens (tertiary/aromatic N) is 3. The lowest BCUT2D eigenvalue weighted by Crippen LogP contribution is -2.32. The van der Waals surface area contributed by atoms with Gasteiger partial charge in [-0.2, -0.15) is 13.2 Å². The lowest BCUT2D eigenvalue weighted by molar-refractivity contribution is -0.137. The number of aromatic nitrogens is 3. The van der Waals surface area contributed by atoms with Gasteiger partial charge in [0, 0.05) is 5.56 Å². The molecule has 0 aliphatic carbocycles. The monoisotopic (exact) mass is 270 g/mol. The van der Waals surface area contributed by atoms with E-state index < -0.39 is 17.3 Å². The molecule has 0 radical (unpaired) electrons. The third-order valence-corrected chi connectivity index (χ3v) is 2.53. The van der Waals surface area contributed by atoms with Gasteiger partial charge in [0.15, 0.2) is 11.5 Å². The Balaban J connectivity index is 2.61. The largest absolute Gasteiger partial charge is 0.416 e. The molecule has 0 amide bonds. The number of nitrogens with two attached hydrogens (primary N) is 1. The van der Waals surface area contributed by atoms with Crippen molar-refractivity contribution in [3.8, 4) is 11.3 Å². The SMILES string of the molecule is Cc1nnc(-c2cccc(C(F)(F)F)c2)c(=O)n1N. The maximum absolute atomic E-state index is 12.6. The van der Waals surface area contributed by atoms with Gasteiger partial charge in [-0.3, -0.25) is 4.79 Å². The van der Waals surface area contributed by atoms with Gasteiger partial charge in [-0.05, 0) is 19.1 Å². The number of benzene rings is 1. The molecule has 0 atom stereocenters. The normalized spacial score (nSPS) is 11.6. The number of hydrogen-bond acceptors (Lipinski definition) is 4. The first kappa shape index (κ1) is 13.1. The topological polar surface area (TPSA) is 73.8 Å². The van der Waals surface area contributed by atoms with E-state index in [1.54, 1.807) is 0 Å². The van der Waals surface area contributed by atoms with Gasteiger partial charge in [0.2, 0.25) is 0 Å². The van der Waals surface area contributed by atoms with E-state index in [-0.39, 0.29) is 17.1 Å². The molecule has 0 aliphatic heterocycles. The van der Waals surface area contributed by atoms with Gasteiger partial charge in [0.25, 0.3) is 5.56 Å². The Morgan fingerprint density at radius 2 is 1.95 bits per heavy atom. The highest BCUT2D eigenvalue weighted by Gasteiger charge is 2.30. The number of halogens is 3. The second-order valence-electron chi connectivity index (χ2n) is 3.85. The first-order chi connectivity index (χ1) is 8.80. The van der Waals surface area contributed by atoms with Gasteiger partial charge in [-0.15, -0.1) is 10.2 Å². The lowest BCUT2D eigenvalue weighted by atomic mass is 10.1. The molecule has 8 heteroatoms. The molecule has 2 rings (SSSR count). The number of alkyl halides is 3. The van der Waals surface area contributed by atoms with Gasteiger partial charge in [-0.25, -0.2) is 4.68 Å². The van der Waals surface area contributed by atoms with Gasteiger partial charge >= 0.3 is 6.18 Å². The summed E-state index contributed by atoms with van der Waals surface area (Å²) < 4.78 is 38.5. The van der Waals surface area contributed by atoms with Crippen LogP contribution in [0.5, 0.6) is 0 Å². The minimum Gasteiger partial charge on any atom is -0.335 e. The van der Waals surface area contributed by atoms with E-state index >= 15 is 0 Å². The van der Waals surface area contributed by atoms with Gasteiger partial charge in [0.1, 0.15) is 0 Å². The zero-order chi connectivity index (χ0) is 14.2. The number of rotatable bonds is 1. The van der Waals surface area contributed by atoms with Crippen LogP contribution >= 0.6 is 0 Å². The van der Waals surface area contributed by atoms with Crippen LogP contribution in [0.25, 0.3) is 11.3 Å². The molecule has 0 spiro atoms. The molecular weight excluding hydrogens is 261 g/mol. The van der Waals surface area contributed by atoms with Crippen LogP contribution in [-0.2, 0) is 6.18 Å². The predicted octanol–water partition coefficient (Wildman–Crippen LogP) is 1.35. The van der Waals surface area contributed by atoms with Gasteiger partial charge in [0.05, 0.1) is 5.56 Å². The van der Waals surface area contributed by atoms with Crippen molar-refractivity contribution in [2.24, 2.45) is 0 Å². The van der Waals surface area contributed by atoms with Gasteiger partial charge < -0.3 is 5.84 Å². The summed E-state index contributed by atoms with van der Waals surface area (Å²) in [7, 11) is 0. The summed E-state index contributed by atoms with van der Waals surface area (Å²) in [5.41, 5.74) is -1.77. The van der Waals surface area contributed by atoms with E-state index in [4.69, 9.17) is 5.84 Å². The smallest absolute Gasteiger partial charge is 0.335 e. The van der Waals surface area contributed by atoms with Crippen LogP contribution in [0, 0.1) is 6.92 Å². The Morgan fingerprint density at radius 3 is 2.58 bits per heavy atom. The van der Waals surface area contributed by atoms with Crippen LogP contribution in [0.4, 0.5) is 13.2 Å². The molecular formula is C11H9F3N4O. The summed E-state index contributed by atoms with van der Waals surface area (Å²) in [6.45, 7) is 1.46. The zero-order valence-electron chi connectivity index (χ0n) is 9.77. The first-order valence-corrected chi connectivity index (χ1v) is 5.20. The molecule has 1 heterocycles. The van der Waals surface area contributed by atoms with Crippen LogP contribution in [0.1, 0.15) is 11.4 Å². The highest BCUT2D eigenvalue weighted by molar-refractivity contribution is 5.58. The van der Waals surface area contributed by atoms with Crippen molar-refractivity contribution in [1.29, 1.82) is 0 Å². The fourth-order valence-corrected chi connectivity index (χ4v) is 1.50. The number of aryl methyl sites for hydroxylation is 1. The quantitative estimate of drug-likeness (QED) is 0.794. The summed E-state index contributed by atoms with van der Waals surface area (Å²) >= 11 is 0. The Hall–Kier alpha value is -2.38. The lowest BCUT2D eigenvalue weighted by Gasteiger charge is -2.08. The summed E-state index contributed by atoms with van der Waals surface area (Å²) in [5.74, 6) is 5.59. The van der Waals surface area contributed by atoms with Crippen LogP contribution in [0.15, 0.2) is 29.1 Å².